The predicted molar refractivity (Wildman–Crippen MR) is 103 cm³/mol. The highest BCUT2D eigenvalue weighted by molar-refractivity contribution is 7.11. The second-order valence-electron chi connectivity index (χ2n) is 6.20. The number of benzene rings is 1. The number of hydrogen-bond donors (Lipinski definition) is 2. The van der Waals surface area contributed by atoms with Crippen molar-refractivity contribution in [2.24, 2.45) is 0 Å². The molecule has 2 amide bonds. The Balaban J connectivity index is 1.62. The molecule has 0 saturated carbocycles. The number of aromatic nitrogens is 2. The maximum Gasteiger partial charge on any atom is 0.317 e. The Morgan fingerprint density at radius 1 is 1.32 bits per heavy atom. The molecule has 0 aliphatic carbocycles. The number of amides is 2. The van der Waals surface area contributed by atoms with Gasteiger partial charge in [-0.15, -0.1) is 11.3 Å². The summed E-state index contributed by atoms with van der Waals surface area (Å²) in [5.41, 5.74) is 2.99. The van der Waals surface area contributed by atoms with Crippen LogP contribution in [0.1, 0.15) is 35.1 Å². The fraction of sp³-hybridized carbons (Fsp3) is 0.368. The molecular formula is C19H24N4OS. The lowest BCUT2D eigenvalue weighted by Crippen LogP contribution is -2.39. The van der Waals surface area contributed by atoms with Crippen LogP contribution in [0.4, 0.5) is 4.79 Å². The molecule has 2 N–H and O–H groups in total. The number of fused-ring (bicyclic) bond motifs is 1. The van der Waals surface area contributed by atoms with Crippen molar-refractivity contribution >= 4 is 28.4 Å². The number of aromatic amines is 1. The third kappa shape index (κ3) is 4.60. The van der Waals surface area contributed by atoms with Crippen molar-refractivity contribution in [3.63, 3.8) is 0 Å². The fourth-order valence-electron chi connectivity index (χ4n) is 2.74. The zero-order chi connectivity index (χ0) is 17.6. The van der Waals surface area contributed by atoms with Crippen molar-refractivity contribution in [1.82, 2.24) is 20.2 Å². The third-order valence-electron chi connectivity index (χ3n) is 4.14. The van der Waals surface area contributed by atoms with Gasteiger partial charge < -0.3 is 15.2 Å². The van der Waals surface area contributed by atoms with Crippen LogP contribution in [-0.2, 0) is 13.1 Å². The summed E-state index contributed by atoms with van der Waals surface area (Å²) in [5, 5.41) is 3.05. The van der Waals surface area contributed by atoms with Gasteiger partial charge in [-0.1, -0.05) is 19.4 Å². The van der Waals surface area contributed by atoms with E-state index in [0.717, 1.165) is 36.0 Å². The van der Waals surface area contributed by atoms with Crippen LogP contribution in [0.25, 0.3) is 11.0 Å². The first-order valence-corrected chi connectivity index (χ1v) is 9.47. The average molecular weight is 356 g/mol. The smallest absolute Gasteiger partial charge is 0.317 e. The Labute approximate surface area is 152 Å². The molecule has 3 aromatic rings. The molecule has 0 fully saturated rings. The van der Waals surface area contributed by atoms with E-state index in [1.54, 1.807) is 17.7 Å². The van der Waals surface area contributed by atoms with Gasteiger partial charge in [0.25, 0.3) is 0 Å². The summed E-state index contributed by atoms with van der Waals surface area (Å²) >= 11 is 1.75. The quantitative estimate of drug-likeness (QED) is 0.657. The highest BCUT2D eigenvalue weighted by atomic mass is 32.1. The number of H-pyrrole nitrogens is 1. The number of urea groups is 1. The molecule has 0 aliphatic heterocycles. The normalized spacial score (nSPS) is 11.0. The lowest BCUT2D eigenvalue weighted by Gasteiger charge is -2.22. The van der Waals surface area contributed by atoms with Crippen LogP contribution < -0.4 is 5.32 Å². The van der Waals surface area contributed by atoms with Crippen molar-refractivity contribution in [3.05, 3.63) is 52.0 Å². The maximum absolute atomic E-state index is 12.6. The van der Waals surface area contributed by atoms with Crippen molar-refractivity contribution in [2.45, 2.75) is 39.8 Å². The number of aryl methyl sites for hydroxylation is 1. The molecule has 0 radical (unpaired) electrons. The molecule has 0 saturated heterocycles. The van der Waals surface area contributed by atoms with Gasteiger partial charge in [-0.05, 0) is 43.2 Å². The lowest BCUT2D eigenvalue weighted by atomic mass is 10.2. The minimum absolute atomic E-state index is 0.00999. The van der Waals surface area contributed by atoms with Gasteiger partial charge in [0.15, 0.2) is 0 Å². The number of nitrogens with zero attached hydrogens (tertiary/aromatic N) is 2. The fourth-order valence-corrected chi connectivity index (χ4v) is 3.65. The Morgan fingerprint density at radius 2 is 2.20 bits per heavy atom. The van der Waals surface area contributed by atoms with Gasteiger partial charge >= 0.3 is 6.03 Å². The SMILES string of the molecule is CCCCN(Cc1ccc(C)s1)C(=O)NCc1ccc2nc[nH]c2c1. The minimum atomic E-state index is -0.00999. The minimum Gasteiger partial charge on any atom is -0.345 e. The molecule has 2 aromatic heterocycles. The molecule has 0 atom stereocenters. The first-order chi connectivity index (χ1) is 12.2. The van der Waals surface area contributed by atoms with Gasteiger partial charge in [-0.3, -0.25) is 0 Å². The zero-order valence-corrected chi connectivity index (χ0v) is 15.5. The molecule has 132 valence electrons. The van der Waals surface area contributed by atoms with E-state index in [-0.39, 0.29) is 6.03 Å². The van der Waals surface area contributed by atoms with E-state index in [1.165, 1.54) is 9.75 Å². The number of thiophene rings is 1. The molecule has 0 aliphatic rings. The van der Waals surface area contributed by atoms with Crippen LogP contribution in [-0.4, -0.2) is 27.4 Å². The Bertz CT molecular complexity index is 839. The molecule has 0 bridgehead atoms. The molecule has 25 heavy (non-hydrogen) atoms. The van der Waals surface area contributed by atoms with Gasteiger partial charge in [0, 0.05) is 22.8 Å². The molecular weight excluding hydrogens is 332 g/mol. The van der Waals surface area contributed by atoms with E-state index in [4.69, 9.17) is 0 Å². The highest BCUT2D eigenvalue weighted by Crippen LogP contribution is 2.18. The summed E-state index contributed by atoms with van der Waals surface area (Å²) in [4.78, 5) is 24.4. The van der Waals surface area contributed by atoms with Gasteiger partial charge in [-0.2, -0.15) is 0 Å². The molecule has 5 nitrogen and oxygen atoms in total. The highest BCUT2D eigenvalue weighted by Gasteiger charge is 2.14. The Hall–Kier alpha value is -2.34. The summed E-state index contributed by atoms with van der Waals surface area (Å²) in [6.45, 7) is 6.20. The van der Waals surface area contributed by atoms with E-state index in [1.807, 2.05) is 23.1 Å². The van der Waals surface area contributed by atoms with Gasteiger partial charge in [0.1, 0.15) is 0 Å². The van der Waals surface area contributed by atoms with Gasteiger partial charge in [-0.25, -0.2) is 9.78 Å². The largest absolute Gasteiger partial charge is 0.345 e. The predicted octanol–water partition coefficient (Wildman–Crippen LogP) is 4.44. The first-order valence-electron chi connectivity index (χ1n) is 8.66. The molecule has 2 heterocycles. The average Bonchev–Trinajstić information content (AvgIpc) is 3.24. The Kier molecular flexibility index (Phi) is 5.71. The zero-order valence-electron chi connectivity index (χ0n) is 14.7. The second kappa shape index (κ2) is 8.16. The topological polar surface area (TPSA) is 61.0 Å². The van der Waals surface area contributed by atoms with Crippen LogP contribution in [0.5, 0.6) is 0 Å². The number of nitrogens with one attached hydrogen (secondary N) is 2. The van der Waals surface area contributed by atoms with Gasteiger partial charge in [0.05, 0.1) is 23.9 Å². The summed E-state index contributed by atoms with van der Waals surface area (Å²) in [6.07, 6.45) is 3.77. The van der Waals surface area contributed by atoms with E-state index in [2.05, 4.69) is 41.3 Å². The molecule has 0 spiro atoms. The Morgan fingerprint density at radius 3 is 2.96 bits per heavy atom. The maximum atomic E-state index is 12.6. The summed E-state index contributed by atoms with van der Waals surface area (Å²) < 4.78 is 0. The number of hydrogen-bond acceptors (Lipinski definition) is 3. The first kappa shape index (κ1) is 17.5. The number of carbonyl (C=O) groups is 1. The van der Waals surface area contributed by atoms with E-state index in [0.29, 0.717) is 13.1 Å². The van der Waals surface area contributed by atoms with Crippen LogP contribution in [0.3, 0.4) is 0 Å². The standard InChI is InChI=1S/C19H24N4OS/c1-3-4-9-23(12-16-7-5-14(2)25-16)19(24)20-11-15-6-8-17-18(10-15)22-13-21-17/h5-8,10,13H,3-4,9,11-12H2,1-2H3,(H,20,24)(H,21,22). The van der Waals surface area contributed by atoms with E-state index in [9.17, 15) is 4.79 Å². The number of rotatable bonds is 7. The molecule has 3 rings (SSSR count). The van der Waals surface area contributed by atoms with Gasteiger partial charge in [0.2, 0.25) is 0 Å². The van der Waals surface area contributed by atoms with Crippen molar-refractivity contribution in [2.75, 3.05) is 6.54 Å². The van der Waals surface area contributed by atoms with E-state index >= 15 is 0 Å². The third-order valence-corrected chi connectivity index (χ3v) is 5.13. The van der Waals surface area contributed by atoms with Crippen molar-refractivity contribution < 1.29 is 4.79 Å². The molecule has 1 aromatic carbocycles. The summed E-state index contributed by atoms with van der Waals surface area (Å²) in [7, 11) is 0. The van der Waals surface area contributed by atoms with Crippen LogP contribution in [0.2, 0.25) is 0 Å². The van der Waals surface area contributed by atoms with Crippen LogP contribution in [0, 0.1) is 6.92 Å². The number of imidazole rings is 1. The second-order valence-corrected chi connectivity index (χ2v) is 7.57. The van der Waals surface area contributed by atoms with Crippen LogP contribution in [0.15, 0.2) is 36.7 Å². The summed E-state index contributed by atoms with van der Waals surface area (Å²) in [5.74, 6) is 0. The summed E-state index contributed by atoms with van der Waals surface area (Å²) in [6, 6.07) is 10.2. The lowest BCUT2D eigenvalue weighted by molar-refractivity contribution is 0.194. The number of carbonyl (C=O) groups excluding carboxylic acids is 1. The van der Waals surface area contributed by atoms with Crippen molar-refractivity contribution in [1.29, 1.82) is 0 Å². The monoisotopic (exact) mass is 356 g/mol. The van der Waals surface area contributed by atoms with Crippen LogP contribution >= 0.6 is 11.3 Å². The van der Waals surface area contributed by atoms with Crippen molar-refractivity contribution in [3.8, 4) is 0 Å². The van der Waals surface area contributed by atoms with E-state index < -0.39 is 0 Å². The number of unbranched alkanes of at least 4 members (excludes halogenated alkanes) is 1. The molecule has 0 unspecified atom stereocenters. The molecule has 6 heteroatoms.